The molecule has 3 heterocycles. The van der Waals surface area contributed by atoms with Gasteiger partial charge in [0.05, 0.1) is 24.4 Å². The van der Waals surface area contributed by atoms with Gasteiger partial charge < -0.3 is 48.6 Å². The molecule has 2 saturated heterocycles. The average Bonchev–Trinajstić information content (AvgIpc) is 3.33. The number of allylic oxidation sites excluding steroid dienone is 6. The molecule has 3 aliphatic heterocycles. The number of cyclic esters (lactones) is 1. The third kappa shape index (κ3) is 16.0. The number of Topliss-reactive ketones (excluding diaryl/α,β-unsaturated/α-hetero) is 3. The van der Waals surface area contributed by atoms with Crippen LogP contribution in [0.4, 0.5) is 0 Å². The molecule has 0 aromatic heterocycles. The number of aliphatic hydroxyl groups excluding tert-OH is 2. The van der Waals surface area contributed by atoms with Crippen LogP contribution in [0.5, 0.6) is 0 Å². The molecule has 1 saturated carbocycles. The van der Waals surface area contributed by atoms with Crippen molar-refractivity contribution in [2.75, 3.05) is 41.1 Å². The van der Waals surface area contributed by atoms with Gasteiger partial charge in [0.25, 0.3) is 11.7 Å². The Bertz CT molecular complexity index is 1830. The largest absolute Gasteiger partial charge is 0.460 e. The van der Waals surface area contributed by atoms with Gasteiger partial charge >= 0.3 is 5.97 Å². The first kappa shape index (κ1) is 58.2. The van der Waals surface area contributed by atoms with Crippen molar-refractivity contribution in [1.29, 1.82) is 0 Å². The lowest BCUT2D eigenvalue weighted by Crippen LogP contribution is -2.61. The molecular weight excluding hydrogens is 887 g/mol. The van der Waals surface area contributed by atoms with Crippen molar-refractivity contribution >= 4 is 29.2 Å². The molecule has 390 valence electrons. The second-order valence-electron chi connectivity index (χ2n) is 20.5. The molecular formula is C54H85NO14. The number of methoxy groups -OCH3 is 3. The summed E-state index contributed by atoms with van der Waals surface area (Å²) in [7, 11) is 4.61. The van der Waals surface area contributed by atoms with Crippen LogP contribution in [0.25, 0.3) is 0 Å². The minimum Gasteiger partial charge on any atom is -0.460 e. The first-order chi connectivity index (χ1) is 32.8. The Balaban J connectivity index is 1.69. The molecule has 15 nitrogen and oxygen atoms in total. The van der Waals surface area contributed by atoms with E-state index in [0.717, 1.165) is 18.4 Å². The fourth-order valence-corrected chi connectivity index (χ4v) is 10.6. The maximum Gasteiger partial charge on any atom is 0.329 e. The Morgan fingerprint density at radius 1 is 0.855 bits per heavy atom. The Morgan fingerprint density at radius 3 is 2.28 bits per heavy atom. The third-order valence-corrected chi connectivity index (χ3v) is 15.1. The molecule has 1 amide bonds. The zero-order valence-corrected chi connectivity index (χ0v) is 43.1. The Labute approximate surface area is 411 Å². The monoisotopic (exact) mass is 972 g/mol. The predicted octanol–water partition coefficient (Wildman–Crippen LogP) is 6.59. The number of ketones is 3. The smallest absolute Gasteiger partial charge is 0.329 e. The summed E-state index contributed by atoms with van der Waals surface area (Å²) in [4.78, 5) is 72.2. The van der Waals surface area contributed by atoms with Gasteiger partial charge in [-0.2, -0.15) is 0 Å². The number of esters is 1. The van der Waals surface area contributed by atoms with Crippen LogP contribution < -0.4 is 0 Å². The van der Waals surface area contributed by atoms with Crippen LogP contribution in [-0.2, 0) is 52.4 Å². The van der Waals surface area contributed by atoms with Crippen LogP contribution >= 0.6 is 0 Å². The maximum absolute atomic E-state index is 14.5. The number of hydrogen-bond acceptors (Lipinski definition) is 14. The molecule has 4 rings (SSSR count). The van der Waals surface area contributed by atoms with Crippen LogP contribution in [0.15, 0.2) is 47.6 Å². The minimum absolute atomic E-state index is 0.0163. The van der Waals surface area contributed by atoms with Crippen molar-refractivity contribution in [2.45, 2.75) is 186 Å². The number of amides is 1. The van der Waals surface area contributed by atoms with Crippen LogP contribution in [0, 0.1) is 35.5 Å². The fraction of sp³-hybridized carbons (Fsp3) is 0.759. The van der Waals surface area contributed by atoms with E-state index in [0.29, 0.717) is 70.0 Å². The zero-order chi connectivity index (χ0) is 51.0. The summed E-state index contributed by atoms with van der Waals surface area (Å²) in [5, 5.41) is 32.7. The van der Waals surface area contributed by atoms with Crippen LogP contribution in [-0.4, -0.2) is 145 Å². The highest BCUT2D eigenvalue weighted by Crippen LogP contribution is 2.38. The lowest BCUT2D eigenvalue weighted by atomic mass is 9.78. The van der Waals surface area contributed by atoms with E-state index in [2.05, 4.69) is 0 Å². The van der Waals surface area contributed by atoms with E-state index in [9.17, 15) is 39.3 Å². The molecule has 1 aliphatic carbocycles. The van der Waals surface area contributed by atoms with Crippen LogP contribution in [0.1, 0.15) is 132 Å². The van der Waals surface area contributed by atoms with E-state index in [4.69, 9.17) is 28.4 Å². The van der Waals surface area contributed by atoms with Crippen molar-refractivity contribution in [1.82, 2.24) is 4.90 Å². The fourth-order valence-electron chi connectivity index (χ4n) is 10.6. The number of nitrogens with zero attached hydrogens (tertiary/aromatic N) is 1. The number of rotatable bonds is 10. The minimum atomic E-state index is -2.43. The number of ether oxygens (including phenoxy) is 6. The number of hydrogen-bond donors (Lipinski definition) is 3. The molecule has 0 radical (unpaired) electrons. The van der Waals surface area contributed by atoms with Crippen molar-refractivity contribution in [2.24, 2.45) is 35.5 Å². The first-order valence-corrected chi connectivity index (χ1v) is 25.5. The molecule has 2 bridgehead atoms. The summed E-state index contributed by atoms with van der Waals surface area (Å²) in [5.74, 6) is -7.92. The van der Waals surface area contributed by atoms with Crippen LogP contribution in [0.3, 0.4) is 0 Å². The molecule has 0 aromatic carbocycles. The SMILES string of the molecule is CO[C@H]1C[C@@H]2CC[C@@H](C)[C@@](O)(O2)C(=O)C(=O)N2CCCC[C@H]2C(=O)O[C@H]([C@H](C)C[C@@H]2CC[C@@H](OCCCO)[C@H](OC)C2)CC(=O)[C@H](C)/C=C(\C)[C@@H](O)[C@@H](OC)C(=O)[C@H](C)C[C@H](C)/C=C/C=CC=C1C. The van der Waals surface area contributed by atoms with E-state index < -0.39 is 77.8 Å². The highest BCUT2D eigenvalue weighted by atomic mass is 16.6. The normalized spacial score (nSPS) is 37.6. The van der Waals surface area contributed by atoms with Gasteiger partial charge in [-0.15, -0.1) is 0 Å². The molecule has 15 heteroatoms. The van der Waals surface area contributed by atoms with E-state index in [1.165, 1.54) is 12.0 Å². The van der Waals surface area contributed by atoms with Gasteiger partial charge in [0, 0.05) is 71.7 Å². The number of piperidine rings is 1. The second kappa shape index (κ2) is 28.0. The Hall–Kier alpha value is -3.41. The highest BCUT2D eigenvalue weighted by Gasteiger charge is 2.53. The number of aliphatic hydroxyl groups is 3. The van der Waals surface area contributed by atoms with Crippen molar-refractivity contribution in [3.63, 3.8) is 0 Å². The van der Waals surface area contributed by atoms with Gasteiger partial charge in [-0.1, -0.05) is 71.1 Å². The van der Waals surface area contributed by atoms with E-state index >= 15 is 0 Å². The highest BCUT2D eigenvalue weighted by molar-refractivity contribution is 6.39. The van der Waals surface area contributed by atoms with E-state index in [1.54, 1.807) is 41.1 Å². The summed E-state index contributed by atoms with van der Waals surface area (Å²) < 4.78 is 35.8. The number of fused-ring (bicyclic) bond motifs is 3. The summed E-state index contributed by atoms with van der Waals surface area (Å²) >= 11 is 0. The van der Waals surface area contributed by atoms with E-state index in [1.807, 2.05) is 58.1 Å². The van der Waals surface area contributed by atoms with Gasteiger partial charge in [0.2, 0.25) is 5.79 Å². The topological polar surface area (TPSA) is 205 Å². The standard InChI is InChI=1S/C54H85NO14/c1-33-17-12-11-13-18-34(2)45(64-8)31-41-22-20-39(7)54(63,69-41)51(60)52(61)55-24-15-14-19-42(55)53(62)68-46(36(4)29-40-21-23-44(47(30-40)65-9)67-26-16-25-56)32-43(57)35(3)28-38(6)49(59)50(66-10)48(58)37(5)27-33/h11-13,17-18,28,33,35-37,39-42,44-47,49-50,56,59,63H,14-16,19-27,29-32H2,1-10H3/b13-11?,17-12+,34-18?,38-28+/t33-,35-,36-,37-,39-,40+,41+,42+,44-,45+,46+,47-,49-,50+,54-/m1/s1. The third-order valence-electron chi connectivity index (χ3n) is 15.1. The molecule has 3 N–H and O–H groups in total. The lowest BCUT2D eigenvalue weighted by Gasteiger charge is -2.42. The molecule has 3 fully saturated rings. The van der Waals surface area contributed by atoms with Gasteiger partial charge in [0.1, 0.15) is 30.1 Å². The van der Waals surface area contributed by atoms with Crippen molar-refractivity contribution in [3.8, 4) is 0 Å². The van der Waals surface area contributed by atoms with Gasteiger partial charge in [-0.25, -0.2) is 4.79 Å². The maximum atomic E-state index is 14.5. The van der Waals surface area contributed by atoms with Gasteiger partial charge in [0.15, 0.2) is 5.78 Å². The first-order valence-electron chi connectivity index (χ1n) is 25.5. The summed E-state index contributed by atoms with van der Waals surface area (Å²) in [5.41, 5.74) is 1.27. The Kier molecular flexibility index (Phi) is 23.6. The zero-order valence-electron chi connectivity index (χ0n) is 43.1. The summed E-state index contributed by atoms with van der Waals surface area (Å²) in [6, 6.07) is -1.14. The second-order valence-corrected chi connectivity index (χ2v) is 20.5. The molecule has 4 aliphatic rings. The quantitative estimate of drug-likeness (QED) is 0.0916. The van der Waals surface area contributed by atoms with E-state index in [-0.39, 0.29) is 67.5 Å². The summed E-state index contributed by atoms with van der Waals surface area (Å²) in [6.45, 7) is 13.3. The molecule has 0 unspecified atom stereocenters. The Morgan fingerprint density at radius 2 is 1.59 bits per heavy atom. The number of carbonyl (C=O) groups excluding carboxylic acids is 5. The predicted molar refractivity (Wildman–Crippen MR) is 261 cm³/mol. The van der Waals surface area contributed by atoms with Crippen molar-refractivity contribution in [3.05, 3.63) is 47.6 Å². The lowest BCUT2D eigenvalue weighted by molar-refractivity contribution is -0.265. The molecule has 69 heavy (non-hydrogen) atoms. The number of carbonyl (C=O) groups is 5. The molecule has 15 atom stereocenters. The van der Waals surface area contributed by atoms with Gasteiger partial charge in [-0.05, 0) is 113 Å². The van der Waals surface area contributed by atoms with Crippen LogP contribution in [0.2, 0.25) is 0 Å². The summed E-state index contributed by atoms with van der Waals surface area (Å²) in [6.07, 6.45) is 12.7. The van der Waals surface area contributed by atoms with Crippen molar-refractivity contribution < 1.29 is 67.7 Å². The van der Waals surface area contributed by atoms with Gasteiger partial charge in [-0.3, -0.25) is 19.2 Å². The average molecular weight is 972 g/mol. The molecule has 0 aromatic rings. The molecule has 0 spiro atoms.